The summed E-state index contributed by atoms with van der Waals surface area (Å²) in [5.74, 6) is 0.756. The van der Waals surface area contributed by atoms with E-state index in [9.17, 15) is 4.79 Å². The van der Waals surface area contributed by atoms with E-state index in [-0.39, 0.29) is 12.5 Å². The molecule has 5 nitrogen and oxygen atoms in total. The van der Waals surface area contributed by atoms with Gasteiger partial charge in [0.2, 0.25) is 0 Å². The molecule has 0 saturated carbocycles. The van der Waals surface area contributed by atoms with Crippen LogP contribution in [0.5, 0.6) is 11.5 Å². The smallest absolute Gasteiger partial charge is 0.277 e. The summed E-state index contributed by atoms with van der Waals surface area (Å²) < 4.78 is 11.5. The molecule has 0 fully saturated rings. The van der Waals surface area contributed by atoms with Crippen LogP contribution >= 0.6 is 27.3 Å². The van der Waals surface area contributed by atoms with Crippen molar-refractivity contribution in [2.45, 2.75) is 0 Å². The van der Waals surface area contributed by atoms with Crippen LogP contribution < -0.4 is 14.9 Å². The maximum absolute atomic E-state index is 11.6. The number of para-hydroxylation sites is 2. The molecular weight excluding hydrogens is 356 g/mol. The second kappa shape index (κ2) is 7.80. The van der Waals surface area contributed by atoms with Gasteiger partial charge < -0.3 is 9.47 Å². The Labute approximate surface area is 134 Å². The minimum absolute atomic E-state index is 0.133. The van der Waals surface area contributed by atoms with Crippen molar-refractivity contribution in [2.24, 2.45) is 5.10 Å². The van der Waals surface area contributed by atoms with Crippen LogP contribution in [-0.2, 0) is 4.79 Å². The Balaban J connectivity index is 1.81. The van der Waals surface area contributed by atoms with Crippen LogP contribution in [0.25, 0.3) is 0 Å². The van der Waals surface area contributed by atoms with Crippen molar-refractivity contribution in [1.82, 2.24) is 5.43 Å². The number of halogens is 1. The van der Waals surface area contributed by atoms with Crippen LogP contribution in [0.2, 0.25) is 0 Å². The number of rotatable bonds is 6. The number of hydrogen-bond acceptors (Lipinski definition) is 5. The largest absolute Gasteiger partial charge is 0.493 e. The van der Waals surface area contributed by atoms with Gasteiger partial charge in [-0.05, 0) is 34.1 Å². The molecule has 0 aliphatic heterocycles. The van der Waals surface area contributed by atoms with Crippen LogP contribution in [0.3, 0.4) is 0 Å². The molecule has 110 valence electrons. The Morgan fingerprint density at radius 2 is 2.19 bits per heavy atom. The van der Waals surface area contributed by atoms with E-state index in [0.717, 1.165) is 9.35 Å². The Morgan fingerprint density at radius 3 is 2.86 bits per heavy atom. The minimum atomic E-state index is -0.340. The molecule has 1 amide bonds. The number of nitrogens with zero attached hydrogens (tertiary/aromatic N) is 1. The molecule has 1 N–H and O–H groups in total. The highest BCUT2D eigenvalue weighted by Gasteiger charge is 2.05. The number of hydrazone groups is 1. The number of methoxy groups -OCH3 is 1. The molecule has 0 aliphatic rings. The summed E-state index contributed by atoms with van der Waals surface area (Å²) in [6.07, 6.45) is 1.58. The van der Waals surface area contributed by atoms with Crippen molar-refractivity contribution in [3.05, 3.63) is 45.1 Å². The number of carbonyl (C=O) groups excluding carboxylic acids is 1. The number of benzene rings is 1. The van der Waals surface area contributed by atoms with Crippen molar-refractivity contribution in [3.8, 4) is 11.5 Å². The van der Waals surface area contributed by atoms with E-state index in [0.29, 0.717) is 11.5 Å². The molecule has 2 aromatic rings. The van der Waals surface area contributed by atoms with Crippen molar-refractivity contribution in [1.29, 1.82) is 0 Å². The molecule has 1 aromatic carbocycles. The summed E-state index contributed by atoms with van der Waals surface area (Å²) >= 11 is 4.87. The molecule has 21 heavy (non-hydrogen) atoms. The highest BCUT2D eigenvalue weighted by molar-refractivity contribution is 9.10. The fourth-order valence-corrected chi connectivity index (χ4v) is 2.78. The first-order valence-corrected chi connectivity index (χ1v) is 7.68. The summed E-state index contributed by atoms with van der Waals surface area (Å²) in [5.41, 5.74) is 2.40. The zero-order valence-electron chi connectivity index (χ0n) is 11.2. The Kier molecular flexibility index (Phi) is 5.77. The number of carbonyl (C=O) groups is 1. The normalized spacial score (nSPS) is 10.6. The van der Waals surface area contributed by atoms with E-state index in [4.69, 9.17) is 9.47 Å². The number of ether oxygens (including phenoxy) is 2. The van der Waals surface area contributed by atoms with Gasteiger partial charge in [0.05, 0.1) is 13.3 Å². The fraction of sp³-hybridized carbons (Fsp3) is 0.143. The first kappa shape index (κ1) is 15.5. The van der Waals surface area contributed by atoms with E-state index < -0.39 is 0 Å². The third-order valence-electron chi connectivity index (χ3n) is 2.40. The van der Waals surface area contributed by atoms with Crippen LogP contribution in [0.4, 0.5) is 0 Å². The first-order valence-electron chi connectivity index (χ1n) is 6.01. The van der Waals surface area contributed by atoms with Crippen molar-refractivity contribution in [3.63, 3.8) is 0 Å². The zero-order valence-corrected chi connectivity index (χ0v) is 13.6. The van der Waals surface area contributed by atoms with Gasteiger partial charge in [0.25, 0.3) is 5.91 Å². The quantitative estimate of drug-likeness (QED) is 0.629. The van der Waals surface area contributed by atoms with Gasteiger partial charge in [-0.15, -0.1) is 11.3 Å². The lowest BCUT2D eigenvalue weighted by molar-refractivity contribution is -0.123. The summed E-state index contributed by atoms with van der Waals surface area (Å²) in [4.78, 5) is 12.6. The van der Waals surface area contributed by atoms with Crippen LogP contribution in [0.15, 0.2) is 45.3 Å². The lowest BCUT2D eigenvalue weighted by Crippen LogP contribution is -2.24. The van der Waals surface area contributed by atoms with E-state index in [1.54, 1.807) is 25.5 Å². The lowest BCUT2D eigenvalue weighted by Gasteiger charge is -2.08. The molecule has 0 radical (unpaired) electrons. The lowest BCUT2D eigenvalue weighted by atomic mass is 10.3. The van der Waals surface area contributed by atoms with Gasteiger partial charge in [-0.25, -0.2) is 5.43 Å². The van der Waals surface area contributed by atoms with Crippen molar-refractivity contribution in [2.75, 3.05) is 13.7 Å². The predicted molar refractivity (Wildman–Crippen MR) is 86.2 cm³/mol. The summed E-state index contributed by atoms with van der Waals surface area (Å²) in [6.45, 7) is -0.133. The average molecular weight is 369 g/mol. The van der Waals surface area contributed by atoms with Gasteiger partial charge in [-0.3, -0.25) is 4.79 Å². The SMILES string of the molecule is COc1ccccc1OCC(=O)N/N=C\c1cc(Br)cs1. The van der Waals surface area contributed by atoms with Crippen LogP contribution in [-0.4, -0.2) is 25.8 Å². The number of thiophene rings is 1. The Bertz CT molecular complexity index is 643. The molecule has 0 spiro atoms. The van der Waals surface area contributed by atoms with E-state index in [1.807, 2.05) is 23.6 Å². The second-order valence-corrected chi connectivity index (χ2v) is 5.76. The van der Waals surface area contributed by atoms with E-state index in [1.165, 1.54) is 11.3 Å². The van der Waals surface area contributed by atoms with Crippen LogP contribution in [0, 0.1) is 0 Å². The molecule has 0 aliphatic carbocycles. The number of hydrogen-bond donors (Lipinski definition) is 1. The topological polar surface area (TPSA) is 59.9 Å². The third kappa shape index (κ3) is 4.87. The molecule has 0 unspecified atom stereocenters. The minimum Gasteiger partial charge on any atom is -0.493 e. The first-order chi connectivity index (χ1) is 10.2. The molecular formula is C14H13BrN2O3S. The standard InChI is InChI=1S/C14H13BrN2O3S/c1-19-12-4-2-3-5-13(12)20-8-14(18)17-16-7-11-6-10(15)9-21-11/h2-7,9H,8H2,1H3,(H,17,18)/b16-7-. The average Bonchev–Trinajstić information content (AvgIpc) is 2.91. The van der Waals surface area contributed by atoms with Crippen molar-refractivity contribution >= 4 is 39.4 Å². The molecule has 1 heterocycles. The Morgan fingerprint density at radius 1 is 1.43 bits per heavy atom. The van der Waals surface area contributed by atoms with Gasteiger partial charge in [0, 0.05) is 14.7 Å². The molecule has 0 bridgehead atoms. The van der Waals surface area contributed by atoms with E-state index in [2.05, 4.69) is 26.5 Å². The molecule has 2 rings (SSSR count). The van der Waals surface area contributed by atoms with Gasteiger partial charge in [-0.1, -0.05) is 12.1 Å². The van der Waals surface area contributed by atoms with Crippen LogP contribution in [0.1, 0.15) is 4.88 Å². The zero-order chi connectivity index (χ0) is 15.1. The maximum atomic E-state index is 11.6. The highest BCUT2D eigenvalue weighted by Crippen LogP contribution is 2.25. The van der Waals surface area contributed by atoms with Gasteiger partial charge in [0.15, 0.2) is 18.1 Å². The Hall–Kier alpha value is -1.86. The predicted octanol–water partition coefficient (Wildman–Crippen LogP) is 3.05. The molecule has 0 saturated heterocycles. The molecule has 7 heteroatoms. The summed E-state index contributed by atoms with van der Waals surface area (Å²) in [5, 5.41) is 5.80. The summed E-state index contributed by atoms with van der Waals surface area (Å²) in [6, 6.07) is 9.04. The molecule has 0 atom stereocenters. The van der Waals surface area contributed by atoms with Crippen molar-refractivity contribution < 1.29 is 14.3 Å². The second-order valence-electron chi connectivity index (χ2n) is 3.90. The summed E-state index contributed by atoms with van der Waals surface area (Å²) in [7, 11) is 1.55. The monoisotopic (exact) mass is 368 g/mol. The van der Waals surface area contributed by atoms with Gasteiger partial charge in [-0.2, -0.15) is 5.10 Å². The van der Waals surface area contributed by atoms with Gasteiger partial charge in [0.1, 0.15) is 0 Å². The fourth-order valence-electron chi connectivity index (χ4n) is 1.48. The van der Waals surface area contributed by atoms with E-state index >= 15 is 0 Å². The van der Waals surface area contributed by atoms with Gasteiger partial charge >= 0.3 is 0 Å². The third-order valence-corrected chi connectivity index (χ3v) is 4.02. The number of nitrogens with one attached hydrogen (secondary N) is 1. The highest BCUT2D eigenvalue weighted by atomic mass is 79.9. The maximum Gasteiger partial charge on any atom is 0.277 e. The molecule has 1 aromatic heterocycles. The number of amides is 1.